The Labute approximate surface area is 220 Å². The minimum atomic E-state index is -0.304. The molecule has 0 unspecified atom stereocenters. The number of aromatic nitrogens is 1. The van der Waals surface area contributed by atoms with Crippen molar-refractivity contribution in [2.24, 2.45) is 0 Å². The number of hydrogen-bond acceptors (Lipinski definition) is 4. The summed E-state index contributed by atoms with van der Waals surface area (Å²) >= 11 is 0. The number of ether oxygens (including phenoxy) is 1. The lowest BCUT2D eigenvalue weighted by Crippen LogP contribution is -2.49. The van der Waals surface area contributed by atoms with Gasteiger partial charge in [0.2, 0.25) is 0 Å². The summed E-state index contributed by atoms with van der Waals surface area (Å²) in [5.41, 5.74) is 8.06. The van der Waals surface area contributed by atoms with Crippen molar-refractivity contribution in [1.82, 2.24) is 9.88 Å². The highest BCUT2D eigenvalue weighted by Gasteiger charge is 2.40. The van der Waals surface area contributed by atoms with Gasteiger partial charge in [-0.05, 0) is 61.6 Å². The van der Waals surface area contributed by atoms with Crippen LogP contribution in [0, 0.1) is 11.8 Å². The number of benzene rings is 2. The van der Waals surface area contributed by atoms with Crippen LogP contribution in [0.25, 0.3) is 10.9 Å². The van der Waals surface area contributed by atoms with Crippen molar-refractivity contribution < 1.29 is 9.53 Å². The zero-order valence-electron chi connectivity index (χ0n) is 22.5. The predicted molar refractivity (Wildman–Crippen MR) is 150 cm³/mol. The zero-order chi connectivity index (χ0) is 25.7. The molecule has 2 aliphatic heterocycles. The van der Waals surface area contributed by atoms with Crippen LogP contribution in [0.2, 0.25) is 0 Å². The second kappa shape index (κ2) is 9.35. The Kier molecular flexibility index (Phi) is 6.13. The Hall–Kier alpha value is -3.07. The van der Waals surface area contributed by atoms with Crippen molar-refractivity contribution in [3.05, 3.63) is 63.8 Å². The number of rotatable bonds is 3. The number of anilines is 1. The van der Waals surface area contributed by atoms with Crippen molar-refractivity contribution in [3.8, 4) is 11.8 Å². The maximum Gasteiger partial charge on any atom is 0.195 e. The average molecular weight is 496 g/mol. The fraction of sp³-hybridized carbons (Fsp3) is 0.469. The summed E-state index contributed by atoms with van der Waals surface area (Å²) in [5, 5.41) is 0.993. The molecule has 3 aromatic rings. The van der Waals surface area contributed by atoms with Gasteiger partial charge in [-0.25, -0.2) is 0 Å². The topological polar surface area (TPSA) is 48.6 Å². The van der Waals surface area contributed by atoms with E-state index < -0.39 is 0 Å². The first-order chi connectivity index (χ1) is 17.9. The molecule has 2 fully saturated rings. The first-order valence-corrected chi connectivity index (χ1v) is 13.8. The number of nitrogens with one attached hydrogen (secondary N) is 1. The van der Waals surface area contributed by atoms with E-state index in [1.165, 1.54) is 24.1 Å². The Morgan fingerprint density at radius 1 is 1.08 bits per heavy atom. The molecule has 5 heteroatoms. The van der Waals surface area contributed by atoms with Gasteiger partial charge >= 0.3 is 0 Å². The summed E-state index contributed by atoms with van der Waals surface area (Å²) in [6.45, 7) is 14.5. The number of carbonyl (C=O) groups excluding carboxylic acids is 1. The van der Waals surface area contributed by atoms with Crippen LogP contribution in [0.5, 0.6) is 0 Å². The van der Waals surface area contributed by atoms with Crippen LogP contribution in [-0.4, -0.2) is 61.1 Å². The van der Waals surface area contributed by atoms with Gasteiger partial charge in [0.25, 0.3) is 0 Å². The predicted octanol–water partition coefficient (Wildman–Crippen LogP) is 5.27. The Morgan fingerprint density at radius 3 is 2.54 bits per heavy atom. The second-order valence-corrected chi connectivity index (χ2v) is 11.2. The van der Waals surface area contributed by atoms with Gasteiger partial charge in [0, 0.05) is 71.0 Å². The Morgan fingerprint density at radius 2 is 1.84 bits per heavy atom. The maximum absolute atomic E-state index is 14.0. The van der Waals surface area contributed by atoms with Crippen LogP contribution in [0.15, 0.2) is 30.3 Å². The van der Waals surface area contributed by atoms with E-state index >= 15 is 0 Å². The molecular formula is C32H37N3O2. The average Bonchev–Trinajstić information content (AvgIpc) is 3.32. The van der Waals surface area contributed by atoms with Gasteiger partial charge in [0.1, 0.15) is 0 Å². The minimum Gasteiger partial charge on any atom is -0.379 e. The normalized spacial score (nSPS) is 19.9. The molecule has 0 spiro atoms. The lowest BCUT2D eigenvalue weighted by Gasteiger charge is -2.42. The van der Waals surface area contributed by atoms with Gasteiger partial charge in [0.15, 0.2) is 5.78 Å². The smallest absolute Gasteiger partial charge is 0.195 e. The molecule has 0 saturated carbocycles. The summed E-state index contributed by atoms with van der Waals surface area (Å²) in [7, 11) is 0. The number of fused-ring (bicyclic) bond motifs is 4. The van der Waals surface area contributed by atoms with Crippen LogP contribution in [0.3, 0.4) is 0 Å². The number of nitrogens with zero attached hydrogens (tertiary/aromatic N) is 2. The maximum atomic E-state index is 14.0. The number of aryl methyl sites for hydroxylation is 1. The number of hydrogen-bond donors (Lipinski definition) is 1. The van der Waals surface area contributed by atoms with Crippen LogP contribution in [0.1, 0.15) is 78.8 Å². The van der Waals surface area contributed by atoms with E-state index in [0.717, 1.165) is 84.7 Å². The van der Waals surface area contributed by atoms with Gasteiger partial charge in [-0.1, -0.05) is 32.8 Å². The summed E-state index contributed by atoms with van der Waals surface area (Å²) in [6.07, 6.45) is 3.27. The number of carbonyl (C=O) groups is 1. The number of morpholine rings is 1. The molecule has 2 saturated heterocycles. The van der Waals surface area contributed by atoms with Crippen molar-refractivity contribution in [3.63, 3.8) is 0 Å². The molecule has 192 valence electrons. The molecule has 0 amide bonds. The van der Waals surface area contributed by atoms with Gasteiger partial charge < -0.3 is 14.6 Å². The van der Waals surface area contributed by atoms with E-state index in [1.807, 2.05) is 13.0 Å². The number of ketones is 1. The highest BCUT2D eigenvalue weighted by molar-refractivity contribution is 6.20. The molecule has 3 aliphatic rings. The fourth-order valence-corrected chi connectivity index (χ4v) is 6.72. The van der Waals surface area contributed by atoms with Gasteiger partial charge in [-0.2, -0.15) is 0 Å². The van der Waals surface area contributed by atoms with Gasteiger partial charge in [-0.15, -0.1) is 5.92 Å². The third-order valence-electron chi connectivity index (χ3n) is 8.80. The van der Waals surface area contributed by atoms with Gasteiger partial charge in [0.05, 0.1) is 18.8 Å². The number of piperidine rings is 1. The largest absolute Gasteiger partial charge is 0.379 e. The monoisotopic (exact) mass is 495 g/mol. The first kappa shape index (κ1) is 24.3. The van der Waals surface area contributed by atoms with E-state index in [0.29, 0.717) is 6.04 Å². The van der Waals surface area contributed by atoms with E-state index in [1.54, 1.807) is 0 Å². The molecule has 0 radical (unpaired) electrons. The molecule has 2 aromatic carbocycles. The van der Waals surface area contributed by atoms with Crippen LogP contribution >= 0.6 is 0 Å². The molecule has 0 bridgehead atoms. The number of aromatic amines is 1. The molecule has 1 aliphatic carbocycles. The van der Waals surface area contributed by atoms with E-state index in [-0.39, 0.29) is 11.2 Å². The third kappa shape index (κ3) is 3.98. The SMILES string of the molecule is CC#Cc1ccc2c3c([nH]c2c1)C(C)(C)c1cc(N2CCC(N4CCOCC4)CC2)c(CC)cc1C3=O. The van der Waals surface area contributed by atoms with Crippen molar-refractivity contribution in [1.29, 1.82) is 0 Å². The number of H-pyrrole nitrogens is 1. The summed E-state index contributed by atoms with van der Waals surface area (Å²) in [5.74, 6) is 6.26. The standard InChI is InChI=1S/C32H37N3O2/c1-5-7-21-8-9-24-27(18-21)33-31-29(24)30(36)25-19-22(6-2)28(20-26(25)32(31,3)4)35-12-10-23(11-13-35)34-14-16-37-17-15-34/h8-9,18-20,23,33H,6,10-17H2,1-4H3. The van der Waals surface area contributed by atoms with E-state index in [2.05, 4.69) is 71.7 Å². The molecule has 5 nitrogen and oxygen atoms in total. The Balaban J connectivity index is 1.37. The fourth-order valence-electron chi connectivity index (χ4n) is 6.72. The summed E-state index contributed by atoms with van der Waals surface area (Å²) < 4.78 is 5.57. The van der Waals surface area contributed by atoms with E-state index in [9.17, 15) is 4.79 Å². The van der Waals surface area contributed by atoms with Crippen molar-refractivity contribution in [2.45, 2.75) is 58.4 Å². The van der Waals surface area contributed by atoms with Crippen molar-refractivity contribution in [2.75, 3.05) is 44.3 Å². The summed E-state index contributed by atoms with van der Waals surface area (Å²) in [6, 6.07) is 11.3. The lowest BCUT2D eigenvalue weighted by molar-refractivity contribution is 0.0115. The molecule has 0 atom stereocenters. The molecule has 1 N–H and O–H groups in total. The minimum absolute atomic E-state index is 0.136. The van der Waals surface area contributed by atoms with Crippen LogP contribution in [-0.2, 0) is 16.6 Å². The van der Waals surface area contributed by atoms with E-state index in [4.69, 9.17) is 4.74 Å². The molecule has 1 aromatic heterocycles. The molecule has 6 rings (SSSR count). The molecule has 37 heavy (non-hydrogen) atoms. The highest BCUT2D eigenvalue weighted by Crippen LogP contribution is 2.46. The van der Waals surface area contributed by atoms with Crippen LogP contribution in [0.4, 0.5) is 5.69 Å². The highest BCUT2D eigenvalue weighted by atomic mass is 16.5. The molecular weight excluding hydrogens is 458 g/mol. The van der Waals surface area contributed by atoms with Crippen LogP contribution < -0.4 is 4.90 Å². The quantitative estimate of drug-likeness (QED) is 0.503. The molecule has 3 heterocycles. The zero-order valence-corrected chi connectivity index (χ0v) is 22.5. The second-order valence-electron chi connectivity index (χ2n) is 11.2. The lowest BCUT2D eigenvalue weighted by atomic mass is 9.70. The Bertz CT molecular complexity index is 1420. The first-order valence-electron chi connectivity index (χ1n) is 13.8. The summed E-state index contributed by atoms with van der Waals surface area (Å²) in [4.78, 5) is 22.8. The third-order valence-corrected chi connectivity index (χ3v) is 8.80. The van der Waals surface area contributed by atoms with Gasteiger partial charge in [-0.3, -0.25) is 9.69 Å². The van der Waals surface area contributed by atoms with Crippen molar-refractivity contribution >= 4 is 22.4 Å².